The van der Waals surface area contributed by atoms with E-state index in [4.69, 9.17) is 19.1 Å². The molecule has 42 valence electrons. The van der Waals surface area contributed by atoms with Gasteiger partial charge in [-0.25, -0.2) is 0 Å². The van der Waals surface area contributed by atoms with Crippen LogP contribution in [0.4, 0.5) is 0 Å². The Morgan fingerprint density at radius 1 is 2.57 bits per heavy atom. The summed E-state index contributed by atoms with van der Waals surface area (Å²) in [5, 5.41) is 8.34. The van der Waals surface area contributed by atoms with Crippen LogP contribution in [-0.2, 0) is 4.79 Å². The zero-order valence-corrected chi connectivity index (χ0v) is 3.43. The van der Waals surface area contributed by atoms with E-state index in [1.165, 1.54) is 0 Å². The van der Waals surface area contributed by atoms with Gasteiger partial charge in [0.25, 0.3) is 0 Å². The van der Waals surface area contributed by atoms with Crippen LogP contribution in [-0.4, -0.2) is 17.1 Å². The monoisotopic (exact) mass is 109 g/mol. The molecule has 0 saturated heterocycles. The van der Waals surface area contributed by atoms with Crippen molar-refractivity contribution >= 4 is 5.97 Å². The average Bonchev–Trinajstić information content (AvgIpc) is 1.84. The van der Waals surface area contributed by atoms with Crippen molar-refractivity contribution in [1.29, 1.82) is 0 Å². The molecule has 0 bridgehead atoms. The van der Waals surface area contributed by atoms with Crippen LogP contribution in [0, 0.1) is 0 Å². The number of hydrogen-bond donors (Lipinski definition) is 2. The summed E-state index contributed by atoms with van der Waals surface area (Å²) >= 11 is 0. The number of hydrogen-bond acceptors (Lipinski definition) is 2. The maximum atomic E-state index is 10.3. The lowest BCUT2D eigenvalue weighted by Gasteiger charge is -1.97. The molecular weight excluding hydrogens is 94.0 g/mol. The van der Waals surface area contributed by atoms with Crippen LogP contribution < -0.4 is 5.73 Å². The molecule has 0 aliphatic rings. The van der Waals surface area contributed by atoms with E-state index in [9.17, 15) is 4.79 Å². The first-order valence-electron chi connectivity index (χ1n) is 4.47. The Morgan fingerprint density at radius 2 is 3.14 bits per heavy atom. The van der Waals surface area contributed by atoms with Crippen LogP contribution in [0.3, 0.4) is 0 Å². The minimum atomic E-state index is -3.30. The molecule has 0 saturated carbocycles. The van der Waals surface area contributed by atoms with Crippen molar-refractivity contribution < 1.29 is 18.1 Å². The maximum absolute atomic E-state index is 10.3. The highest BCUT2D eigenvalue weighted by Crippen LogP contribution is 1.82. The third kappa shape index (κ3) is 2.17. The fourth-order valence-electron chi connectivity index (χ4n) is 0.0535. The Balaban J connectivity index is 5.16. The molecule has 0 amide bonds. The van der Waals surface area contributed by atoms with Gasteiger partial charge in [-0.15, -0.1) is 0 Å². The summed E-state index contributed by atoms with van der Waals surface area (Å²) in [6, 6.07) is -3.18. The largest absolute Gasteiger partial charge is 0.480 e. The Hall–Kier alpha value is -0.570. The molecule has 0 aromatic heterocycles. The van der Waals surface area contributed by atoms with Crippen LogP contribution in [0.25, 0.3) is 0 Å². The highest BCUT2D eigenvalue weighted by Gasteiger charge is 2.05. The molecule has 1 unspecified atom stereocenters. The second-order valence-corrected chi connectivity index (χ2v) is 0.844. The number of nitrogens with two attached hydrogens (primary N) is 1. The van der Waals surface area contributed by atoms with E-state index in [2.05, 4.69) is 0 Å². The van der Waals surface area contributed by atoms with Crippen LogP contribution in [0.1, 0.15) is 21.4 Å². The molecule has 0 spiro atoms. The Morgan fingerprint density at radius 3 is 3.29 bits per heavy atom. The summed E-state index contributed by atoms with van der Waals surface area (Å²) in [5.41, 5.74) is 4.76. The topological polar surface area (TPSA) is 63.3 Å². The van der Waals surface area contributed by atoms with Gasteiger partial charge in [0.15, 0.2) is 0 Å². The van der Waals surface area contributed by atoms with Gasteiger partial charge in [0.1, 0.15) is 6.02 Å². The van der Waals surface area contributed by atoms with E-state index in [-0.39, 0.29) is 0 Å². The maximum Gasteiger partial charge on any atom is 0.320 e. The summed E-state index contributed by atoms with van der Waals surface area (Å²) in [4.78, 5) is 10.3. The normalized spacial score (nSPS) is 34.4. The number of carboxylic acid groups (broad SMARTS) is 1. The van der Waals surface area contributed by atoms with E-state index in [1.807, 2.05) is 0 Å². The lowest BCUT2D eigenvalue weighted by Crippen LogP contribution is -2.28. The van der Waals surface area contributed by atoms with Gasteiger partial charge < -0.3 is 10.8 Å². The molecule has 3 nitrogen and oxygen atoms in total. The third-order valence-corrected chi connectivity index (χ3v) is 0.365. The average molecular weight is 109 g/mol. The summed E-state index contributed by atoms with van der Waals surface area (Å²) in [6.07, 6.45) is -3.30. The fraction of sp³-hybridized carbons (Fsp3) is 0.750. The van der Waals surface area contributed by atoms with Gasteiger partial charge in [0, 0.05) is 6.85 Å². The van der Waals surface area contributed by atoms with Crippen molar-refractivity contribution in [3.63, 3.8) is 0 Å². The zero-order chi connectivity index (χ0) is 11.1. The molecule has 0 aliphatic heterocycles. The first-order valence-corrected chi connectivity index (χ1v) is 1.47. The Kier molecular flexibility index (Phi) is 0.534. The molecule has 1 atom stereocenters. The highest BCUT2D eigenvalue weighted by atomic mass is 16.4. The minimum absolute atomic E-state index is 2.02. The summed E-state index contributed by atoms with van der Waals surface area (Å²) < 4.78 is 40.8. The highest BCUT2D eigenvalue weighted by molar-refractivity contribution is 5.72. The summed E-state index contributed by atoms with van der Waals surface area (Å²) in [5.74, 6) is -2.02. The number of carbonyl (C=O) groups is 1. The predicted molar refractivity (Wildman–Crippen MR) is 25.9 cm³/mol. The second kappa shape index (κ2) is 2.58. The van der Waals surface area contributed by atoms with Gasteiger partial charge >= 0.3 is 5.97 Å². The minimum Gasteiger partial charge on any atom is -0.480 e. The van der Waals surface area contributed by atoms with Gasteiger partial charge in [0.05, 0.1) is 1.37 Å². The van der Waals surface area contributed by atoms with Gasteiger partial charge in [-0.1, -0.05) is 6.85 Å². The van der Waals surface area contributed by atoms with Crippen molar-refractivity contribution in [3.8, 4) is 0 Å². The molecule has 0 aliphatic carbocycles. The predicted octanol–water partition coefficient (Wildman–Crippen LogP) is -0.192. The molecule has 0 aromatic rings. The van der Waals surface area contributed by atoms with Gasteiger partial charge in [-0.05, 0) is 6.37 Å². The lowest BCUT2D eigenvalue weighted by atomic mass is 10.2. The van der Waals surface area contributed by atoms with Crippen molar-refractivity contribution in [1.82, 2.24) is 0 Å². The SMILES string of the molecule is [2H]C([2H])([2H])C([2H])([2H])C([2H])(N)C(=O)O. The second-order valence-electron chi connectivity index (χ2n) is 0.844. The summed E-state index contributed by atoms with van der Waals surface area (Å²) in [6.45, 7) is -3.25. The molecular formula is C4H9NO2. The van der Waals surface area contributed by atoms with E-state index in [0.717, 1.165) is 0 Å². The number of rotatable bonds is 2. The van der Waals surface area contributed by atoms with Crippen LogP contribution in [0.2, 0.25) is 0 Å². The standard InChI is InChI=1S/C4H9NO2/c1-2-3(5)4(6)7/h3H,2,5H2,1H3,(H,6,7)/i1D3,2D2,3D. The quantitative estimate of drug-likeness (QED) is 0.516. The molecule has 0 aromatic carbocycles. The van der Waals surface area contributed by atoms with Crippen LogP contribution in [0.15, 0.2) is 0 Å². The van der Waals surface area contributed by atoms with Crippen molar-refractivity contribution in [2.75, 3.05) is 0 Å². The van der Waals surface area contributed by atoms with Crippen LogP contribution >= 0.6 is 0 Å². The Labute approximate surface area is 50.6 Å². The van der Waals surface area contributed by atoms with E-state index in [0.29, 0.717) is 0 Å². The molecule has 0 rings (SSSR count). The third-order valence-electron chi connectivity index (χ3n) is 0.365. The van der Waals surface area contributed by atoms with Gasteiger partial charge in [0.2, 0.25) is 0 Å². The zero-order valence-electron chi connectivity index (χ0n) is 9.43. The van der Waals surface area contributed by atoms with Crippen LogP contribution in [0.5, 0.6) is 0 Å². The molecule has 0 fully saturated rings. The van der Waals surface area contributed by atoms with E-state index >= 15 is 0 Å². The lowest BCUT2D eigenvalue weighted by molar-refractivity contribution is -0.138. The number of carboxylic acids is 1. The molecule has 7 heavy (non-hydrogen) atoms. The molecule has 3 heteroatoms. The Bertz CT molecular complexity index is 221. The fourth-order valence-corrected chi connectivity index (χ4v) is 0.0535. The van der Waals surface area contributed by atoms with Crippen molar-refractivity contribution in [2.45, 2.75) is 19.2 Å². The van der Waals surface area contributed by atoms with Gasteiger partial charge in [-0.3, -0.25) is 4.79 Å². The van der Waals surface area contributed by atoms with E-state index < -0.39 is 25.2 Å². The van der Waals surface area contributed by atoms with Crippen molar-refractivity contribution in [2.24, 2.45) is 5.73 Å². The first-order chi connectivity index (χ1) is 5.44. The molecule has 0 heterocycles. The molecule has 0 radical (unpaired) electrons. The first kappa shape index (κ1) is 1.45. The van der Waals surface area contributed by atoms with Gasteiger partial charge in [-0.2, -0.15) is 0 Å². The number of aliphatic carboxylic acids is 1. The smallest absolute Gasteiger partial charge is 0.320 e. The van der Waals surface area contributed by atoms with E-state index in [1.54, 1.807) is 0 Å². The van der Waals surface area contributed by atoms with Crippen molar-refractivity contribution in [3.05, 3.63) is 0 Å². The molecule has 3 N–H and O–H groups in total. The summed E-state index contributed by atoms with van der Waals surface area (Å²) in [7, 11) is 0.